The number of carbonyl (C=O) groups is 1. The first-order valence-corrected chi connectivity index (χ1v) is 9.69. The van der Waals surface area contributed by atoms with E-state index in [1.165, 1.54) is 25.7 Å². The zero-order valence-electron chi connectivity index (χ0n) is 16.7. The molecule has 0 aliphatic heterocycles. The van der Waals surface area contributed by atoms with Gasteiger partial charge in [0, 0.05) is 18.9 Å². The van der Waals surface area contributed by atoms with Crippen LogP contribution >= 0.6 is 0 Å². The second kappa shape index (κ2) is 8.65. The monoisotopic (exact) mass is 324 g/mol. The van der Waals surface area contributed by atoms with Gasteiger partial charge >= 0.3 is 0 Å². The molecule has 0 aromatic carbocycles. The van der Waals surface area contributed by atoms with Crippen LogP contribution in [0.3, 0.4) is 0 Å². The summed E-state index contributed by atoms with van der Waals surface area (Å²) >= 11 is 0. The minimum Gasteiger partial charge on any atom is -0.376 e. The molecule has 1 aliphatic carbocycles. The van der Waals surface area contributed by atoms with Crippen molar-refractivity contribution >= 4 is 5.78 Å². The summed E-state index contributed by atoms with van der Waals surface area (Å²) in [6.07, 6.45) is 8.10. The number of ketones is 1. The van der Waals surface area contributed by atoms with E-state index in [4.69, 9.17) is 4.74 Å². The Morgan fingerprint density at radius 3 is 2.22 bits per heavy atom. The average molecular weight is 325 g/mol. The lowest BCUT2D eigenvalue weighted by atomic mass is 9.70. The van der Waals surface area contributed by atoms with Gasteiger partial charge in [0.1, 0.15) is 5.78 Å². The average Bonchev–Trinajstić information content (AvgIpc) is 2.42. The molecule has 2 heteroatoms. The molecular weight excluding hydrogens is 284 g/mol. The standard InChI is InChI=1S/C21H40O2/c1-16(2)19(22)11-13-21(6,7)23-15-14-20(4,5)12-10-18-9-8-17(18)3/h16-18H,8-15H2,1-7H3. The van der Waals surface area contributed by atoms with Crippen molar-refractivity contribution < 1.29 is 9.53 Å². The molecule has 0 radical (unpaired) electrons. The fraction of sp³-hybridized carbons (Fsp3) is 0.952. The van der Waals surface area contributed by atoms with Gasteiger partial charge in [0.2, 0.25) is 0 Å². The topological polar surface area (TPSA) is 26.3 Å². The highest BCUT2D eigenvalue weighted by molar-refractivity contribution is 5.80. The van der Waals surface area contributed by atoms with Gasteiger partial charge in [0.25, 0.3) is 0 Å². The Bertz CT molecular complexity index is 368. The van der Waals surface area contributed by atoms with E-state index in [2.05, 4.69) is 34.6 Å². The van der Waals surface area contributed by atoms with Crippen LogP contribution in [-0.4, -0.2) is 18.0 Å². The molecule has 0 aromatic rings. The van der Waals surface area contributed by atoms with E-state index in [9.17, 15) is 4.79 Å². The van der Waals surface area contributed by atoms with Gasteiger partial charge in [0.05, 0.1) is 5.60 Å². The largest absolute Gasteiger partial charge is 0.376 e. The third kappa shape index (κ3) is 7.83. The number of carbonyl (C=O) groups excluding carboxylic acids is 1. The van der Waals surface area contributed by atoms with Crippen molar-refractivity contribution in [2.75, 3.05) is 6.61 Å². The van der Waals surface area contributed by atoms with Crippen LogP contribution < -0.4 is 0 Å². The maximum absolute atomic E-state index is 11.8. The Labute approximate surface area is 144 Å². The molecule has 0 heterocycles. The molecule has 0 aromatic heterocycles. The summed E-state index contributed by atoms with van der Waals surface area (Å²) < 4.78 is 6.11. The van der Waals surface area contributed by atoms with Crippen molar-refractivity contribution in [3.8, 4) is 0 Å². The van der Waals surface area contributed by atoms with Crippen molar-refractivity contribution in [3.05, 3.63) is 0 Å². The fourth-order valence-electron chi connectivity index (χ4n) is 3.25. The summed E-state index contributed by atoms with van der Waals surface area (Å²) in [5.74, 6) is 2.39. The van der Waals surface area contributed by atoms with Crippen LogP contribution in [0.15, 0.2) is 0 Å². The van der Waals surface area contributed by atoms with Crippen LogP contribution in [0, 0.1) is 23.2 Å². The van der Waals surface area contributed by atoms with E-state index in [0.717, 1.165) is 31.3 Å². The molecule has 0 spiro atoms. The Balaban J connectivity index is 2.23. The molecule has 2 nitrogen and oxygen atoms in total. The molecule has 1 aliphatic rings. The Kier molecular flexibility index (Phi) is 7.77. The zero-order valence-corrected chi connectivity index (χ0v) is 16.7. The number of rotatable bonds is 11. The van der Waals surface area contributed by atoms with Gasteiger partial charge in [0.15, 0.2) is 0 Å². The molecule has 2 atom stereocenters. The van der Waals surface area contributed by atoms with Crippen LogP contribution in [-0.2, 0) is 9.53 Å². The van der Waals surface area contributed by atoms with E-state index in [1.807, 2.05) is 13.8 Å². The van der Waals surface area contributed by atoms with E-state index in [-0.39, 0.29) is 11.5 Å². The Morgan fingerprint density at radius 2 is 1.74 bits per heavy atom. The normalized spacial score (nSPS) is 22.3. The maximum atomic E-state index is 11.8. The van der Waals surface area contributed by atoms with Crippen molar-refractivity contribution in [1.29, 1.82) is 0 Å². The van der Waals surface area contributed by atoms with Gasteiger partial charge < -0.3 is 4.74 Å². The van der Waals surface area contributed by atoms with Gasteiger partial charge in [-0.1, -0.05) is 41.0 Å². The highest BCUT2D eigenvalue weighted by atomic mass is 16.5. The molecule has 0 bridgehead atoms. The Morgan fingerprint density at radius 1 is 1.09 bits per heavy atom. The molecule has 0 saturated heterocycles. The molecule has 1 fully saturated rings. The zero-order chi connectivity index (χ0) is 17.7. The third-order valence-corrected chi connectivity index (χ3v) is 5.88. The summed E-state index contributed by atoms with van der Waals surface area (Å²) in [7, 11) is 0. The minimum absolute atomic E-state index is 0.138. The first-order chi connectivity index (χ1) is 10.5. The number of ether oxygens (including phenoxy) is 1. The SMILES string of the molecule is CC(C)C(=O)CCC(C)(C)OCCC(C)(C)CCC1CCC1C. The molecule has 1 saturated carbocycles. The second-order valence-corrected chi connectivity index (χ2v) is 9.50. The predicted octanol–water partition coefficient (Wildman–Crippen LogP) is 6.03. The summed E-state index contributed by atoms with van der Waals surface area (Å²) in [6.45, 7) is 16.1. The van der Waals surface area contributed by atoms with Crippen molar-refractivity contribution in [1.82, 2.24) is 0 Å². The maximum Gasteiger partial charge on any atom is 0.135 e. The van der Waals surface area contributed by atoms with Crippen LogP contribution in [0.4, 0.5) is 0 Å². The van der Waals surface area contributed by atoms with Crippen LogP contribution in [0.5, 0.6) is 0 Å². The number of hydrogen-bond acceptors (Lipinski definition) is 2. The Hall–Kier alpha value is -0.370. The summed E-state index contributed by atoms with van der Waals surface area (Å²) in [5, 5.41) is 0. The molecule has 2 unspecified atom stereocenters. The van der Waals surface area contributed by atoms with Crippen molar-refractivity contribution in [2.24, 2.45) is 23.2 Å². The molecule has 0 N–H and O–H groups in total. The molecule has 136 valence electrons. The summed E-state index contributed by atoms with van der Waals surface area (Å²) in [4.78, 5) is 11.8. The molecule has 23 heavy (non-hydrogen) atoms. The van der Waals surface area contributed by atoms with E-state index in [0.29, 0.717) is 17.6 Å². The van der Waals surface area contributed by atoms with Crippen molar-refractivity contribution in [3.63, 3.8) is 0 Å². The van der Waals surface area contributed by atoms with Gasteiger partial charge in [-0.05, 0) is 63.2 Å². The van der Waals surface area contributed by atoms with E-state index < -0.39 is 0 Å². The first-order valence-electron chi connectivity index (χ1n) is 9.69. The molecule has 1 rings (SSSR count). The highest BCUT2D eigenvalue weighted by Crippen LogP contribution is 2.40. The molecule has 0 amide bonds. The van der Waals surface area contributed by atoms with E-state index >= 15 is 0 Å². The van der Waals surface area contributed by atoms with Gasteiger partial charge in [-0.3, -0.25) is 4.79 Å². The van der Waals surface area contributed by atoms with Gasteiger partial charge in [-0.15, -0.1) is 0 Å². The van der Waals surface area contributed by atoms with Crippen LogP contribution in [0.2, 0.25) is 0 Å². The predicted molar refractivity (Wildman–Crippen MR) is 98.6 cm³/mol. The van der Waals surface area contributed by atoms with E-state index in [1.54, 1.807) is 0 Å². The van der Waals surface area contributed by atoms with Gasteiger partial charge in [-0.25, -0.2) is 0 Å². The molecular formula is C21H40O2. The smallest absolute Gasteiger partial charge is 0.135 e. The minimum atomic E-state index is -0.191. The lowest BCUT2D eigenvalue weighted by molar-refractivity contribution is -0.123. The van der Waals surface area contributed by atoms with Crippen LogP contribution in [0.25, 0.3) is 0 Å². The summed E-state index contributed by atoms with van der Waals surface area (Å²) in [5.41, 5.74) is 0.169. The lowest BCUT2D eigenvalue weighted by Gasteiger charge is -2.37. The van der Waals surface area contributed by atoms with Crippen molar-refractivity contribution in [2.45, 2.75) is 99.0 Å². The fourth-order valence-corrected chi connectivity index (χ4v) is 3.25. The summed E-state index contributed by atoms with van der Waals surface area (Å²) in [6, 6.07) is 0. The number of Topliss-reactive ketones (excluding diaryl/α,β-unsaturated/α-hetero) is 1. The van der Waals surface area contributed by atoms with Gasteiger partial charge in [-0.2, -0.15) is 0 Å². The highest BCUT2D eigenvalue weighted by Gasteiger charge is 2.29. The quantitative estimate of drug-likeness (QED) is 0.464. The first kappa shape index (κ1) is 20.7. The lowest BCUT2D eigenvalue weighted by Crippen LogP contribution is -2.29. The second-order valence-electron chi connectivity index (χ2n) is 9.50. The van der Waals surface area contributed by atoms with Crippen LogP contribution in [0.1, 0.15) is 93.4 Å². The number of hydrogen-bond donors (Lipinski definition) is 0. The third-order valence-electron chi connectivity index (χ3n) is 5.88.